The van der Waals surface area contributed by atoms with Crippen LogP contribution in [0.1, 0.15) is 11.1 Å². The van der Waals surface area contributed by atoms with Gasteiger partial charge in [-0.3, -0.25) is 10.1 Å². The SMILES string of the molecule is Cc1c(Cl)cccc1NC(=O)N/N=C\c1ccccc1[N+](=O)[O-]. The number of hydrogen-bond acceptors (Lipinski definition) is 4. The molecule has 0 aromatic heterocycles. The van der Waals surface area contributed by atoms with Gasteiger partial charge in [-0.1, -0.05) is 29.8 Å². The number of carbonyl (C=O) groups is 1. The first-order valence-corrected chi connectivity index (χ1v) is 6.95. The van der Waals surface area contributed by atoms with Gasteiger partial charge >= 0.3 is 6.03 Å². The fourth-order valence-corrected chi connectivity index (χ4v) is 1.99. The number of urea groups is 1. The van der Waals surface area contributed by atoms with Crippen LogP contribution in [0, 0.1) is 17.0 Å². The van der Waals surface area contributed by atoms with Crippen molar-refractivity contribution in [1.29, 1.82) is 0 Å². The summed E-state index contributed by atoms with van der Waals surface area (Å²) in [6.45, 7) is 1.77. The predicted molar refractivity (Wildman–Crippen MR) is 89.0 cm³/mol. The number of nitrogens with one attached hydrogen (secondary N) is 2. The molecule has 0 aliphatic rings. The molecule has 0 saturated carbocycles. The standard InChI is InChI=1S/C15H13ClN4O3/c1-10-12(16)6-4-7-13(10)18-15(21)19-17-9-11-5-2-3-8-14(11)20(22)23/h2-9H,1H3,(H2,18,19,21)/b17-9-. The van der Waals surface area contributed by atoms with E-state index in [4.69, 9.17) is 11.6 Å². The Labute approximate surface area is 137 Å². The van der Waals surface area contributed by atoms with Crippen LogP contribution in [0.4, 0.5) is 16.2 Å². The zero-order valence-corrected chi connectivity index (χ0v) is 12.9. The summed E-state index contributed by atoms with van der Waals surface area (Å²) in [6, 6.07) is 10.6. The summed E-state index contributed by atoms with van der Waals surface area (Å²) in [6.07, 6.45) is 1.21. The number of amides is 2. The second-order valence-corrected chi connectivity index (χ2v) is 4.96. The molecular formula is C15H13ClN4O3. The maximum Gasteiger partial charge on any atom is 0.339 e. The first kappa shape index (κ1) is 16.4. The molecule has 2 rings (SSSR count). The fourth-order valence-electron chi connectivity index (χ4n) is 1.82. The molecule has 8 heteroatoms. The van der Waals surface area contributed by atoms with Crippen LogP contribution in [-0.4, -0.2) is 17.2 Å². The maximum absolute atomic E-state index is 11.8. The third-order valence-corrected chi connectivity index (χ3v) is 3.43. The van der Waals surface area contributed by atoms with E-state index in [0.29, 0.717) is 10.7 Å². The van der Waals surface area contributed by atoms with Gasteiger partial charge in [-0.2, -0.15) is 5.10 Å². The molecular weight excluding hydrogens is 320 g/mol. The number of nitrogens with zero attached hydrogens (tertiary/aromatic N) is 2. The minimum atomic E-state index is -0.579. The van der Waals surface area contributed by atoms with Crippen molar-refractivity contribution in [3.05, 3.63) is 68.7 Å². The molecule has 0 bridgehead atoms. The van der Waals surface area contributed by atoms with E-state index in [9.17, 15) is 14.9 Å². The van der Waals surface area contributed by atoms with Gasteiger partial charge in [0.1, 0.15) is 0 Å². The first-order chi connectivity index (χ1) is 11.0. The number of hydrogen-bond donors (Lipinski definition) is 2. The summed E-state index contributed by atoms with van der Waals surface area (Å²) < 4.78 is 0. The van der Waals surface area contributed by atoms with E-state index in [1.165, 1.54) is 18.3 Å². The third-order valence-electron chi connectivity index (χ3n) is 3.02. The molecule has 0 aliphatic heterocycles. The number of benzene rings is 2. The number of anilines is 1. The Bertz CT molecular complexity index is 777. The smallest absolute Gasteiger partial charge is 0.306 e. The topological polar surface area (TPSA) is 96.6 Å². The van der Waals surface area contributed by atoms with E-state index in [1.807, 2.05) is 0 Å². The van der Waals surface area contributed by atoms with Crippen LogP contribution in [0.5, 0.6) is 0 Å². The minimum absolute atomic E-state index is 0.0934. The van der Waals surface area contributed by atoms with Gasteiger partial charge in [-0.25, -0.2) is 10.2 Å². The molecule has 0 spiro atoms. The number of halogens is 1. The number of rotatable bonds is 4. The zero-order chi connectivity index (χ0) is 16.8. The monoisotopic (exact) mass is 332 g/mol. The Morgan fingerprint density at radius 2 is 2.00 bits per heavy atom. The Morgan fingerprint density at radius 1 is 1.26 bits per heavy atom. The molecule has 2 N–H and O–H groups in total. The molecule has 0 heterocycles. The second-order valence-electron chi connectivity index (χ2n) is 4.55. The van der Waals surface area contributed by atoms with Gasteiger partial charge in [-0.05, 0) is 30.7 Å². The van der Waals surface area contributed by atoms with Crippen LogP contribution in [0.25, 0.3) is 0 Å². The highest BCUT2D eigenvalue weighted by molar-refractivity contribution is 6.31. The average molecular weight is 333 g/mol. The van der Waals surface area contributed by atoms with E-state index in [2.05, 4.69) is 15.8 Å². The lowest BCUT2D eigenvalue weighted by molar-refractivity contribution is -0.385. The molecule has 23 heavy (non-hydrogen) atoms. The van der Waals surface area contributed by atoms with E-state index in [-0.39, 0.29) is 11.3 Å². The van der Waals surface area contributed by atoms with Crippen LogP contribution in [0.3, 0.4) is 0 Å². The summed E-state index contributed by atoms with van der Waals surface area (Å²) in [5.74, 6) is 0. The molecule has 0 aliphatic carbocycles. The van der Waals surface area contributed by atoms with Crippen molar-refractivity contribution in [2.45, 2.75) is 6.92 Å². The van der Waals surface area contributed by atoms with Crippen molar-refractivity contribution in [2.75, 3.05) is 5.32 Å². The van der Waals surface area contributed by atoms with E-state index in [1.54, 1.807) is 37.3 Å². The number of para-hydroxylation sites is 1. The summed E-state index contributed by atoms with van der Waals surface area (Å²) in [7, 11) is 0. The summed E-state index contributed by atoms with van der Waals surface area (Å²) >= 11 is 5.96. The van der Waals surface area contributed by atoms with Gasteiger partial charge in [0.15, 0.2) is 0 Å². The highest BCUT2D eigenvalue weighted by Gasteiger charge is 2.10. The fraction of sp³-hybridized carbons (Fsp3) is 0.0667. The molecule has 2 amide bonds. The first-order valence-electron chi connectivity index (χ1n) is 6.57. The number of carbonyl (C=O) groups excluding carboxylic acids is 1. The molecule has 2 aromatic rings. The van der Waals surface area contributed by atoms with Crippen molar-refractivity contribution in [1.82, 2.24) is 5.43 Å². The molecule has 0 atom stereocenters. The molecule has 0 unspecified atom stereocenters. The molecule has 118 valence electrons. The van der Waals surface area contributed by atoms with Crippen LogP contribution in [0.15, 0.2) is 47.6 Å². The molecule has 0 radical (unpaired) electrons. The summed E-state index contributed by atoms with van der Waals surface area (Å²) in [5.41, 5.74) is 3.72. The van der Waals surface area contributed by atoms with Gasteiger partial charge in [0.05, 0.1) is 16.7 Å². The third kappa shape index (κ3) is 4.27. The van der Waals surface area contributed by atoms with Crippen molar-refractivity contribution in [3.8, 4) is 0 Å². The Kier molecular flexibility index (Phi) is 5.27. The van der Waals surface area contributed by atoms with Crippen LogP contribution in [-0.2, 0) is 0 Å². The Hall–Kier alpha value is -2.93. The van der Waals surface area contributed by atoms with Crippen molar-refractivity contribution in [2.24, 2.45) is 5.10 Å². The normalized spacial score (nSPS) is 10.5. The number of nitro benzene ring substituents is 1. The van der Waals surface area contributed by atoms with Crippen molar-refractivity contribution in [3.63, 3.8) is 0 Å². The van der Waals surface area contributed by atoms with Gasteiger partial charge in [-0.15, -0.1) is 0 Å². The number of nitro groups is 1. The maximum atomic E-state index is 11.8. The molecule has 0 fully saturated rings. The van der Waals surface area contributed by atoms with Gasteiger partial charge in [0.2, 0.25) is 0 Å². The van der Waals surface area contributed by atoms with Crippen LogP contribution >= 0.6 is 11.6 Å². The van der Waals surface area contributed by atoms with Crippen LogP contribution < -0.4 is 10.7 Å². The summed E-state index contributed by atoms with van der Waals surface area (Å²) in [4.78, 5) is 22.1. The lowest BCUT2D eigenvalue weighted by Gasteiger charge is -2.08. The van der Waals surface area contributed by atoms with Crippen molar-refractivity contribution >= 4 is 35.2 Å². The molecule has 7 nitrogen and oxygen atoms in total. The minimum Gasteiger partial charge on any atom is -0.306 e. The average Bonchev–Trinajstić information content (AvgIpc) is 2.52. The second kappa shape index (κ2) is 7.37. The van der Waals surface area contributed by atoms with Gasteiger partial charge in [0, 0.05) is 16.8 Å². The van der Waals surface area contributed by atoms with Gasteiger partial charge in [0.25, 0.3) is 5.69 Å². The largest absolute Gasteiger partial charge is 0.339 e. The molecule has 0 saturated heterocycles. The Morgan fingerprint density at radius 3 is 2.74 bits per heavy atom. The van der Waals surface area contributed by atoms with E-state index < -0.39 is 11.0 Å². The van der Waals surface area contributed by atoms with E-state index in [0.717, 1.165) is 5.56 Å². The summed E-state index contributed by atoms with van der Waals surface area (Å²) in [5, 5.41) is 17.7. The molecule has 2 aromatic carbocycles. The number of hydrazone groups is 1. The van der Waals surface area contributed by atoms with Crippen LogP contribution in [0.2, 0.25) is 5.02 Å². The lowest BCUT2D eigenvalue weighted by atomic mass is 10.2. The van der Waals surface area contributed by atoms with E-state index >= 15 is 0 Å². The lowest BCUT2D eigenvalue weighted by Crippen LogP contribution is -2.24. The quantitative estimate of drug-likeness (QED) is 0.507. The van der Waals surface area contributed by atoms with Crippen molar-refractivity contribution < 1.29 is 9.72 Å². The highest BCUT2D eigenvalue weighted by atomic mass is 35.5. The Balaban J connectivity index is 2.02. The highest BCUT2D eigenvalue weighted by Crippen LogP contribution is 2.22. The zero-order valence-electron chi connectivity index (χ0n) is 12.1. The predicted octanol–water partition coefficient (Wildman–Crippen LogP) is 3.71. The van der Waals surface area contributed by atoms with Gasteiger partial charge < -0.3 is 5.32 Å².